The van der Waals surface area contributed by atoms with Crippen molar-refractivity contribution in [1.29, 1.82) is 0 Å². The first-order valence-electron chi connectivity index (χ1n) is 10.0. The van der Waals surface area contributed by atoms with E-state index in [2.05, 4.69) is 5.32 Å². The summed E-state index contributed by atoms with van der Waals surface area (Å²) in [7, 11) is 0. The Morgan fingerprint density at radius 3 is 2.71 bits per heavy atom. The zero-order valence-corrected chi connectivity index (χ0v) is 16.2. The fraction of sp³-hybridized carbons (Fsp3) is 0.391. The topological polar surface area (TPSA) is 58.6 Å². The number of benzene rings is 2. The van der Waals surface area contributed by atoms with E-state index in [0.29, 0.717) is 11.4 Å². The number of ether oxygens (including phenoxy) is 1. The lowest BCUT2D eigenvalue weighted by Crippen LogP contribution is -2.33. The smallest absolute Gasteiger partial charge is 0.262 e. The second-order valence-corrected chi connectivity index (χ2v) is 7.67. The highest BCUT2D eigenvalue weighted by atomic mass is 16.5. The minimum atomic E-state index is -0.213. The van der Waals surface area contributed by atoms with Gasteiger partial charge in [0, 0.05) is 23.8 Å². The summed E-state index contributed by atoms with van der Waals surface area (Å²) >= 11 is 0. The van der Waals surface area contributed by atoms with Gasteiger partial charge in [-0.05, 0) is 55.5 Å². The molecule has 5 heteroatoms. The molecule has 2 amide bonds. The highest BCUT2D eigenvalue weighted by Crippen LogP contribution is 2.35. The minimum absolute atomic E-state index is 0.0490. The van der Waals surface area contributed by atoms with Crippen LogP contribution < -0.4 is 15.0 Å². The van der Waals surface area contributed by atoms with Gasteiger partial charge in [-0.1, -0.05) is 37.1 Å². The van der Waals surface area contributed by atoms with Crippen molar-refractivity contribution in [2.24, 2.45) is 5.92 Å². The number of aryl methyl sites for hydroxylation is 1. The normalized spacial score (nSPS) is 16.1. The number of para-hydroxylation sites is 1. The Morgan fingerprint density at radius 1 is 1.14 bits per heavy atom. The van der Waals surface area contributed by atoms with Crippen LogP contribution in [-0.2, 0) is 16.0 Å². The summed E-state index contributed by atoms with van der Waals surface area (Å²) in [5.74, 6) is 0.893. The maximum atomic E-state index is 12.9. The molecule has 0 radical (unpaired) electrons. The molecule has 1 saturated carbocycles. The molecule has 1 N–H and O–H groups in total. The highest BCUT2D eigenvalue weighted by Gasteiger charge is 2.31. The van der Waals surface area contributed by atoms with Gasteiger partial charge in [0.15, 0.2) is 6.61 Å². The number of hydrogen-bond donors (Lipinski definition) is 1. The maximum absolute atomic E-state index is 12.9. The van der Waals surface area contributed by atoms with Crippen molar-refractivity contribution in [3.63, 3.8) is 0 Å². The van der Waals surface area contributed by atoms with Crippen LogP contribution >= 0.6 is 0 Å². The van der Waals surface area contributed by atoms with Crippen LogP contribution in [0, 0.1) is 12.8 Å². The Bertz CT molecular complexity index is 887. The average Bonchev–Trinajstić information content (AvgIpc) is 3.37. The van der Waals surface area contributed by atoms with Crippen molar-refractivity contribution in [3.05, 3.63) is 53.6 Å². The van der Waals surface area contributed by atoms with E-state index in [1.165, 1.54) is 5.56 Å². The largest absolute Gasteiger partial charge is 0.483 e. The Balaban J connectivity index is 1.41. The van der Waals surface area contributed by atoms with E-state index < -0.39 is 0 Å². The van der Waals surface area contributed by atoms with Crippen molar-refractivity contribution in [3.8, 4) is 5.75 Å². The second-order valence-electron chi connectivity index (χ2n) is 7.67. The molecule has 2 aromatic rings. The van der Waals surface area contributed by atoms with Gasteiger partial charge in [0.1, 0.15) is 5.75 Å². The Labute approximate surface area is 165 Å². The number of carbonyl (C=O) groups excluding carboxylic acids is 2. The van der Waals surface area contributed by atoms with E-state index in [4.69, 9.17) is 4.74 Å². The van der Waals surface area contributed by atoms with E-state index in [1.807, 2.05) is 54.3 Å². The maximum Gasteiger partial charge on any atom is 0.262 e. The van der Waals surface area contributed by atoms with Crippen LogP contribution in [0.3, 0.4) is 0 Å². The summed E-state index contributed by atoms with van der Waals surface area (Å²) in [6.45, 7) is 2.63. The molecular weight excluding hydrogens is 352 g/mol. The van der Waals surface area contributed by atoms with E-state index >= 15 is 0 Å². The van der Waals surface area contributed by atoms with Crippen LogP contribution in [0.1, 0.15) is 36.8 Å². The van der Waals surface area contributed by atoms with E-state index in [-0.39, 0.29) is 24.3 Å². The Hall–Kier alpha value is -2.82. The number of nitrogens with zero attached hydrogens (tertiary/aromatic N) is 1. The van der Waals surface area contributed by atoms with E-state index in [9.17, 15) is 9.59 Å². The summed E-state index contributed by atoms with van der Waals surface area (Å²) in [6.07, 6.45) is 5.16. The standard InChI is InChI=1S/C23H26N2O3/c1-16-6-2-5-9-21(16)28-15-22(26)24-19-11-10-17-12-13-25(20(17)14-19)23(27)18-7-3-4-8-18/h2,5-6,9-11,14,18H,3-4,7-8,12-13,15H2,1H3,(H,24,26). The van der Waals surface area contributed by atoms with Crippen molar-refractivity contribution in [1.82, 2.24) is 0 Å². The number of anilines is 2. The third kappa shape index (κ3) is 3.88. The van der Waals surface area contributed by atoms with Crippen LogP contribution in [0.4, 0.5) is 11.4 Å². The fourth-order valence-corrected chi connectivity index (χ4v) is 4.14. The molecule has 1 aliphatic carbocycles. The first kappa shape index (κ1) is 18.5. The van der Waals surface area contributed by atoms with Gasteiger partial charge >= 0.3 is 0 Å². The predicted molar refractivity (Wildman–Crippen MR) is 110 cm³/mol. The lowest BCUT2D eigenvalue weighted by molar-refractivity contribution is -0.122. The third-order valence-electron chi connectivity index (χ3n) is 5.69. The zero-order valence-electron chi connectivity index (χ0n) is 16.2. The molecule has 2 aromatic carbocycles. The second kappa shape index (κ2) is 8.05. The lowest BCUT2D eigenvalue weighted by atomic mass is 10.1. The molecule has 0 aromatic heterocycles. The van der Waals surface area contributed by atoms with Crippen LogP contribution in [-0.4, -0.2) is 25.0 Å². The van der Waals surface area contributed by atoms with Crippen molar-refractivity contribution < 1.29 is 14.3 Å². The molecule has 0 unspecified atom stereocenters. The van der Waals surface area contributed by atoms with Gasteiger partial charge in [0.25, 0.3) is 5.91 Å². The predicted octanol–water partition coefficient (Wildman–Crippen LogP) is 4.09. The number of nitrogens with one attached hydrogen (secondary N) is 1. The first-order chi connectivity index (χ1) is 13.6. The molecule has 1 fully saturated rings. The van der Waals surface area contributed by atoms with Crippen LogP contribution in [0.2, 0.25) is 0 Å². The summed E-state index contributed by atoms with van der Waals surface area (Å²) in [4.78, 5) is 27.1. The monoisotopic (exact) mass is 378 g/mol. The Morgan fingerprint density at radius 2 is 1.93 bits per heavy atom. The highest BCUT2D eigenvalue weighted by molar-refractivity contribution is 5.99. The number of amides is 2. The summed E-state index contributed by atoms with van der Waals surface area (Å²) in [5.41, 5.74) is 3.80. The van der Waals surface area contributed by atoms with Gasteiger partial charge in [0.2, 0.25) is 5.91 Å². The van der Waals surface area contributed by atoms with Gasteiger partial charge in [-0.25, -0.2) is 0 Å². The van der Waals surface area contributed by atoms with Crippen molar-refractivity contribution >= 4 is 23.2 Å². The van der Waals surface area contributed by atoms with Gasteiger partial charge in [-0.3, -0.25) is 9.59 Å². The molecule has 146 valence electrons. The number of carbonyl (C=O) groups is 2. The molecule has 0 atom stereocenters. The Kier molecular flexibility index (Phi) is 5.33. The molecule has 1 aliphatic heterocycles. The molecule has 5 nitrogen and oxygen atoms in total. The molecule has 0 spiro atoms. The summed E-state index contributed by atoms with van der Waals surface area (Å²) in [5, 5.41) is 2.89. The van der Waals surface area contributed by atoms with Crippen LogP contribution in [0.25, 0.3) is 0 Å². The number of rotatable bonds is 5. The van der Waals surface area contributed by atoms with Gasteiger partial charge < -0.3 is 15.0 Å². The summed E-state index contributed by atoms with van der Waals surface area (Å²) < 4.78 is 5.61. The SMILES string of the molecule is Cc1ccccc1OCC(=O)Nc1ccc2c(c1)N(C(=O)C1CCCC1)CC2. The van der Waals surface area contributed by atoms with E-state index in [0.717, 1.165) is 49.9 Å². The zero-order chi connectivity index (χ0) is 19.5. The first-order valence-corrected chi connectivity index (χ1v) is 10.0. The molecular formula is C23H26N2O3. The minimum Gasteiger partial charge on any atom is -0.483 e. The third-order valence-corrected chi connectivity index (χ3v) is 5.69. The van der Waals surface area contributed by atoms with Crippen LogP contribution in [0.15, 0.2) is 42.5 Å². The quantitative estimate of drug-likeness (QED) is 0.852. The number of fused-ring (bicyclic) bond motifs is 1. The van der Waals surface area contributed by atoms with E-state index in [1.54, 1.807) is 0 Å². The van der Waals surface area contributed by atoms with Gasteiger partial charge in [-0.2, -0.15) is 0 Å². The molecule has 1 heterocycles. The summed E-state index contributed by atoms with van der Waals surface area (Å²) in [6, 6.07) is 13.4. The molecule has 4 rings (SSSR count). The molecule has 0 bridgehead atoms. The van der Waals surface area contributed by atoms with Gasteiger partial charge in [-0.15, -0.1) is 0 Å². The molecule has 28 heavy (non-hydrogen) atoms. The van der Waals surface area contributed by atoms with Gasteiger partial charge in [0.05, 0.1) is 0 Å². The average molecular weight is 378 g/mol. The van der Waals surface area contributed by atoms with Crippen LogP contribution in [0.5, 0.6) is 5.75 Å². The fourth-order valence-electron chi connectivity index (χ4n) is 4.14. The van der Waals surface area contributed by atoms with Crippen molar-refractivity contribution in [2.45, 2.75) is 39.0 Å². The lowest BCUT2D eigenvalue weighted by Gasteiger charge is -2.21. The van der Waals surface area contributed by atoms with Crippen molar-refractivity contribution in [2.75, 3.05) is 23.4 Å². The molecule has 0 saturated heterocycles. The number of hydrogen-bond acceptors (Lipinski definition) is 3. The molecule has 2 aliphatic rings.